The van der Waals surface area contributed by atoms with E-state index in [1.165, 1.54) is 17.3 Å². The Bertz CT molecular complexity index is 996. The Morgan fingerprint density at radius 2 is 2.07 bits per heavy atom. The summed E-state index contributed by atoms with van der Waals surface area (Å²) in [4.78, 5) is 28.9. The monoisotopic (exact) mass is 365 g/mol. The largest absolute Gasteiger partial charge is 0.394 e. The zero-order valence-corrected chi connectivity index (χ0v) is 15.4. The standard InChI is InChI=1S/C20H23N5O2/c1-14(12-26)25-13-22-19-16(20(25)27)10-17(24-8-3-2-4-9-24)23-18(19)15-6-5-7-21-11-15/h5-7,10-11,13-14,26H,2-4,8-9,12H2,1H3/t14-/m0/s1. The summed E-state index contributed by atoms with van der Waals surface area (Å²) in [6.45, 7) is 3.55. The van der Waals surface area contributed by atoms with Gasteiger partial charge in [-0.3, -0.25) is 14.3 Å². The van der Waals surface area contributed by atoms with Crippen molar-refractivity contribution in [2.75, 3.05) is 24.6 Å². The fourth-order valence-corrected chi connectivity index (χ4v) is 3.52. The third-order valence-electron chi connectivity index (χ3n) is 5.11. The van der Waals surface area contributed by atoms with Crippen LogP contribution >= 0.6 is 0 Å². The molecule has 7 heteroatoms. The highest BCUT2D eigenvalue weighted by Crippen LogP contribution is 2.28. The van der Waals surface area contributed by atoms with Crippen LogP contribution in [0.2, 0.25) is 0 Å². The Balaban J connectivity index is 1.96. The lowest BCUT2D eigenvalue weighted by atomic mass is 10.1. The van der Waals surface area contributed by atoms with Gasteiger partial charge in [0.1, 0.15) is 17.0 Å². The summed E-state index contributed by atoms with van der Waals surface area (Å²) in [5.74, 6) is 0.800. The fraction of sp³-hybridized carbons (Fsp3) is 0.400. The average Bonchev–Trinajstić information content (AvgIpc) is 2.74. The molecule has 1 aliphatic rings. The minimum atomic E-state index is -0.331. The first-order valence-corrected chi connectivity index (χ1v) is 9.37. The maximum Gasteiger partial charge on any atom is 0.261 e. The molecule has 0 radical (unpaired) electrons. The first-order valence-electron chi connectivity index (χ1n) is 9.37. The molecule has 3 aromatic heterocycles. The van der Waals surface area contributed by atoms with Crippen molar-refractivity contribution in [3.8, 4) is 11.3 Å². The van der Waals surface area contributed by atoms with E-state index >= 15 is 0 Å². The van der Waals surface area contributed by atoms with Gasteiger partial charge < -0.3 is 10.0 Å². The Kier molecular flexibility index (Phi) is 4.85. The van der Waals surface area contributed by atoms with Crippen LogP contribution in [0.5, 0.6) is 0 Å². The summed E-state index contributed by atoms with van der Waals surface area (Å²) in [6, 6.07) is 5.29. The molecule has 1 atom stereocenters. The second kappa shape index (κ2) is 7.44. The van der Waals surface area contributed by atoms with Crippen molar-refractivity contribution in [1.82, 2.24) is 19.5 Å². The van der Waals surface area contributed by atoms with Crippen LogP contribution in [-0.2, 0) is 0 Å². The van der Waals surface area contributed by atoms with Gasteiger partial charge in [0.2, 0.25) is 0 Å². The number of pyridine rings is 2. The van der Waals surface area contributed by atoms with Gasteiger partial charge in [-0.25, -0.2) is 9.97 Å². The third kappa shape index (κ3) is 3.30. The third-order valence-corrected chi connectivity index (χ3v) is 5.11. The molecular weight excluding hydrogens is 342 g/mol. The quantitative estimate of drug-likeness (QED) is 0.764. The minimum absolute atomic E-state index is 0.118. The molecule has 0 bridgehead atoms. The normalized spacial score (nSPS) is 15.9. The van der Waals surface area contributed by atoms with Crippen molar-refractivity contribution >= 4 is 16.7 Å². The zero-order valence-electron chi connectivity index (χ0n) is 15.4. The summed E-state index contributed by atoms with van der Waals surface area (Å²) in [6.07, 6.45) is 8.42. The van der Waals surface area contributed by atoms with Crippen molar-refractivity contribution in [2.45, 2.75) is 32.2 Å². The molecular formula is C20H23N5O2. The molecule has 0 spiro atoms. The molecule has 0 unspecified atom stereocenters. The summed E-state index contributed by atoms with van der Waals surface area (Å²) in [5, 5.41) is 9.98. The topological polar surface area (TPSA) is 84.1 Å². The van der Waals surface area contributed by atoms with Crippen LogP contribution in [0.25, 0.3) is 22.2 Å². The fourth-order valence-electron chi connectivity index (χ4n) is 3.52. The van der Waals surface area contributed by atoms with E-state index in [4.69, 9.17) is 4.98 Å². The van der Waals surface area contributed by atoms with Gasteiger partial charge in [-0.2, -0.15) is 0 Å². The highest BCUT2D eigenvalue weighted by atomic mass is 16.3. The number of piperidine rings is 1. The summed E-state index contributed by atoms with van der Waals surface area (Å²) in [7, 11) is 0. The van der Waals surface area contributed by atoms with Crippen LogP contribution in [0.4, 0.5) is 5.82 Å². The first kappa shape index (κ1) is 17.6. The maximum absolute atomic E-state index is 13.1. The van der Waals surface area contributed by atoms with E-state index in [-0.39, 0.29) is 18.2 Å². The molecule has 140 valence electrons. The molecule has 4 heterocycles. The van der Waals surface area contributed by atoms with Crippen LogP contribution in [0.3, 0.4) is 0 Å². The smallest absolute Gasteiger partial charge is 0.261 e. The lowest BCUT2D eigenvalue weighted by Crippen LogP contribution is -2.31. The molecule has 1 aliphatic heterocycles. The number of aliphatic hydroxyl groups is 1. The molecule has 0 saturated carbocycles. The van der Waals surface area contributed by atoms with E-state index in [0.717, 1.165) is 37.3 Å². The molecule has 4 rings (SSSR count). The van der Waals surface area contributed by atoms with Crippen LogP contribution in [0, 0.1) is 0 Å². The van der Waals surface area contributed by atoms with Gasteiger partial charge in [-0.05, 0) is 44.4 Å². The van der Waals surface area contributed by atoms with Gasteiger partial charge in [0.15, 0.2) is 0 Å². The minimum Gasteiger partial charge on any atom is -0.394 e. The van der Waals surface area contributed by atoms with Crippen LogP contribution in [0.15, 0.2) is 41.7 Å². The number of hydrogen-bond donors (Lipinski definition) is 1. The summed E-state index contributed by atoms with van der Waals surface area (Å²) in [5.41, 5.74) is 1.91. The molecule has 0 amide bonds. The molecule has 3 aromatic rings. The lowest BCUT2D eigenvalue weighted by Gasteiger charge is -2.28. The maximum atomic E-state index is 13.1. The van der Waals surface area contributed by atoms with Crippen molar-refractivity contribution in [3.63, 3.8) is 0 Å². The molecule has 1 saturated heterocycles. The van der Waals surface area contributed by atoms with Gasteiger partial charge in [-0.1, -0.05) is 0 Å². The molecule has 1 fully saturated rings. The van der Waals surface area contributed by atoms with Gasteiger partial charge in [0.25, 0.3) is 5.56 Å². The number of aromatic nitrogens is 4. The van der Waals surface area contributed by atoms with Gasteiger partial charge in [-0.15, -0.1) is 0 Å². The van der Waals surface area contributed by atoms with E-state index in [9.17, 15) is 9.90 Å². The Hall–Kier alpha value is -2.80. The Morgan fingerprint density at radius 3 is 2.78 bits per heavy atom. The predicted octanol–water partition coefficient (Wildman–Crippen LogP) is 2.40. The van der Waals surface area contributed by atoms with Crippen LogP contribution in [-0.4, -0.2) is 44.3 Å². The molecule has 0 aromatic carbocycles. The van der Waals surface area contributed by atoms with E-state index in [1.54, 1.807) is 19.3 Å². The number of nitrogens with zero attached hydrogens (tertiary/aromatic N) is 5. The van der Waals surface area contributed by atoms with Crippen molar-refractivity contribution in [3.05, 3.63) is 47.3 Å². The van der Waals surface area contributed by atoms with Crippen molar-refractivity contribution in [2.24, 2.45) is 0 Å². The first-order chi connectivity index (χ1) is 13.2. The van der Waals surface area contributed by atoms with Gasteiger partial charge in [0, 0.05) is 31.0 Å². The Labute approximate surface area is 157 Å². The Morgan fingerprint density at radius 1 is 1.26 bits per heavy atom. The number of rotatable bonds is 4. The molecule has 27 heavy (non-hydrogen) atoms. The van der Waals surface area contributed by atoms with Crippen molar-refractivity contribution in [1.29, 1.82) is 0 Å². The number of aliphatic hydroxyl groups excluding tert-OH is 1. The highest BCUT2D eigenvalue weighted by molar-refractivity contribution is 5.92. The summed E-state index contributed by atoms with van der Waals surface area (Å²) >= 11 is 0. The van der Waals surface area contributed by atoms with E-state index < -0.39 is 0 Å². The second-order valence-corrected chi connectivity index (χ2v) is 7.00. The number of anilines is 1. The lowest BCUT2D eigenvalue weighted by molar-refractivity contribution is 0.236. The van der Waals surface area contributed by atoms with E-state index in [2.05, 4.69) is 14.9 Å². The SMILES string of the molecule is C[C@@H](CO)n1cnc2c(-c3cccnc3)nc(N3CCCCC3)cc2c1=O. The molecule has 1 N–H and O–H groups in total. The molecule has 0 aliphatic carbocycles. The van der Waals surface area contributed by atoms with Crippen LogP contribution < -0.4 is 10.5 Å². The predicted molar refractivity (Wildman–Crippen MR) is 105 cm³/mol. The molecule has 7 nitrogen and oxygen atoms in total. The van der Waals surface area contributed by atoms with Gasteiger partial charge >= 0.3 is 0 Å². The number of fused-ring (bicyclic) bond motifs is 1. The zero-order chi connectivity index (χ0) is 18.8. The van der Waals surface area contributed by atoms with Crippen molar-refractivity contribution < 1.29 is 5.11 Å². The average molecular weight is 365 g/mol. The summed E-state index contributed by atoms with van der Waals surface area (Å²) < 4.78 is 1.48. The van der Waals surface area contributed by atoms with E-state index in [1.807, 2.05) is 18.2 Å². The highest BCUT2D eigenvalue weighted by Gasteiger charge is 2.19. The van der Waals surface area contributed by atoms with E-state index in [0.29, 0.717) is 16.6 Å². The van der Waals surface area contributed by atoms with Gasteiger partial charge in [0.05, 0.1) is 24.4 Å². The van der Waals surface area contributed by atoms with Crippen LogP contribution in [0.1, 0.15) is 32.2 Å². The number of hydrogen-bond acceptors (Lipinski definition) is 6. The second-order valence-electron chi connectivity index (χ2n) is 7.00.